The first-order valence-corrected chi connectivity index (χ1v) is 8.36. The van der Waals surface area contributed by atoms with Gasteiger partial charge in [0.1, 0.15) is 0 Å². The zero-order valence-electron chi connectivity index (χ0n) is 11.7. The van der Waals surface area contributed by atoms with Crippen LogP contribution in [0.3, 0.4) is 0 Å². The van der Waals surface area contributed by atoms with Crippen molar-refractivity contribution in [3.8, 4) is 0 Å². The van der Waals surface area contributed by atoms with Gasteiger partial charge in [0.2, 0.25) is 10.0 Å². The van der Waals surface area contributed by atoms with Crippen LogP contribution in [0.5, 0.6) is 0 Å². The minimum atomic E-state index is -3.40. The Morgan fingerprint density at radius 1 is 1.25 bits per heavy atom. The third-order valence-corrected chi connectivity index (χ3v) is 5.23. The van der Waals surface area contributed by atoms with Gasteiger partial charge in [-0.1, -0.05) is 19.1 Å². The molecular weight excluding hydrogens is 296 g/mol. The lowest BCUT2D eigenvalue weighted by atomic mass is 9.93. The van der Waals surface area contributed by atoms with E-state index in [1.54, 1.807) is 18.2 Å². The molecule has 3 N–H and O–H groups in total. The highest BCUT2D eigenvalue weighted by Crippen LogP contribution is 2.20. The molecule has 0 bridgehead atoms. The van der Waals surface area contributed by atoms with Crippen molar-refractivity contribution in [3.63, 3.8) is 0 Å². The number of benzene rings is 1. The van der Waals surface area contributed by atoms with Crippen molar-refractivity contribution >= 4 is 22.4 Å². The minimum Gasteiger partial charge on any atom is -0.328 e. The SMILES string of the molecule is CCc1cccc(S(=O)(=O)NC2CCC(N)CC2)c1.Cl. The monoisotopic (exact) mass is 318 g/mol. The van der Waals surface area contributed by atoms with Crippen molar-refractivity contribution in [2.45, 2.75) is 56.0 Å². The van der Waals surface area contributed by atoms with E-state index in [-0.39, 0.29) is 24.5 Å². The van der Waals surface area contributed by atoms with Crippen LogP contribution in [0.1, 0.15) is 38.2 Å². The highest BCUT2D eigenvalue weighted by molar-refractivity contribution is 7.89. The van der Waals surface area contributed by atoms with Gasteiger partial charge in [0.15, 0.2) is 0 Å². The summed E-state index contributed by atoms with van der Waals surface area (Å²) in [7, 11) is -3.40. The molecule has 1 aromatic carbocycles. The van der Waals surface area contributed by atoms with Gasteiger partial charge in [-0.15, -0.1) is 12.4 Å². The lowest BCUT2D eigenvalue weighted by Crippen LogP contribution is -2.40. The number of rotatable bonds is 4. The molecule has 114 valence electrons. The van der Waals surface area contributed by atoms with E-state index in [0.29, 0.717) is 4.90 Å². The normalized spacial score (nSPS) is 23.1. The van der Waals surface area contributed by atoms with Gasteiger partial charge in [0, 0.05) is 12.1 Å². The van der Waals surface area contributed by atoms with E-state index in [2.05, 4.69) is 4.72 Å². The smallest absolute Gasteiger partial charge is 0.240 e. The molecule has 0 heterocycles. The van der Waals surface area contributed by atoms with Gasteiger partial charge in [-0.2, -0.15) is 0 Å². The van der Waals surface area contributed by atoms with E-state index in [1.807, 2.05) is 13.0 Å². The minimum absolute atomic E-state index is 0. The van der Waals surface area contributed by atoms with Gasteiger partial charge < -0.3 is 5.73 Å². The van der Waals surface area contributed by atoms with Crippen molar-refractivity contribution in [3.05, 3.63) is 29.8 Å². The van der Waals surface area contributed by atoms with E-state index in [4.69, 9.17) is 5.73 Å². The maximum atomic E-state index is 12.3. The van der Waals surface area contributed by atoms with E-state index >= 15 is 0 Å². The molecular formula is C14H23ClN2O2S. The maximum absolute atomic E-state index is 12.3. The predicted octanol–water partition coefficient (Wildman–Crippen LogP) is 2.22. The Kier molecular flexibility index (Phi) is 6.45. The molecule has 0 spiro atoms. The lowest BCUT2D eigenvalue weighted by molar-refractivity contribution is 0.373. The molecule has 1 aliphatic carbocycles. The molecule has 0 unspecified atom stereocenters. The number of hydrogen-bond acceptors (Lipinski definition) is 3. The largest absolute Gasteiger partial charge is 0.328 e. The quantitative estimate of drug-likeness (QED) is 0.894. The molecule has 0 atom stereocenters. The third kappa shape index (κ3) is 4.45. The van der Waals surface area contributed by atoms with Crippen LogP contribution < -0.4 is 10.5 Å². The maximum Gasteiger partial charge on any atom is 0.240 e. The van der Waals surface area contributed by atoms with Crippen LogP contribution in [0.25, 0.3) is 0 Å². The predicted molar refractivity (Wildman–Crippen MR) is 83.6 cm³/mol. The van der Waals surface area contributed by atoms with Gasteiger partial charge in [0.05, 0.1) is 4.90 Å². The first kappa shape index (κ1) is 17.4. The van der Waals surface area contributed by atoms with Crippen LogP contribution in [0.2, 0.25) is 0 Å². The summed E-state index contributed by atoms with van der Waals surface area (Å²) in [4.78, 5) is 0.363. The van der Waals surface area contributed by atoms with Gasteiger partial charge in [-0.05, 0) is 49.8 Å². The van der Waals surface area contributed by atoms with Crippen LogP contribution in [0.15, 0.2) is 29.2 Å². The Morgan fingerprint density at radius 3 is 2.50 bits per heavy atom. The fraction of sp³-hybridized carbons (Fsp3) is 0.571. The van der Waals surface area contributed by atoms with E-state index in [0.717, 1.165) is 37.7 Å². The van der Waals surface area contributed by atoms with Crippen molar-refractivity contribution in [2.75, 3.05) is 0 Å². The molecule has 6 heteroatoms. The summed E-state index contributed by atoms with van der Waals surface area (Å²) in [5.41, 5.74) is 6.87. The fourth-order valence-electron chi connectivity index (χ4n) is 2.46. The Hall–Kier alpha value is -0.620. The van der Waals surface area contributed by atoms with Crippen molar-refractivity contribution < 1.29 is 8.42 Å². The first-order chi connectivity index (χ1) is 9.01. The second-order valence-corrected chi connectivity index (χ2v) is 6.95. The van der Waals surface area contributed by atoms with E-state index in [1.165, 1.54) is 0 Å². The third-order valence-electron chi connectivity index (χ3n) is 3.71. The van der Waals surface area contributed by atoms with Crippen molar-refractivity contribution in [2.24, 2.45) is 5.73 Å². The fourth-order valence-corrected chi connectivity index (χ4v) is 3.83. The van der Waals surface area contributed by atoms with Gasteiger partial charge >= 0.3 is 0 Å². The molecule has 1 saturated carbocycles. The molecule has 1 fully saturated rings. The average Bonchev–Trinajstić information content (AvgIpc) is 2.41. The number of sulfonamides is 1. The summed E-state index contributed by atoms with van der Waals surface area (Å²) in [5.74, 6) is 0. The van der Waals surface area contributed by atoms with Gasteiger partial charge in [-0.25, -0.2) is 13.1 Å². The molecule has 0 aromatic heterocycles. The second kappa shape index (κ2) is 7.41. The summed E-state index contributed by atoms with van der Waals surface area (Å²) < 4.78 is 27.4. The lowest BCUT2D eigenvalue weighted by Gasteiger charge is -2.26. The van der Waals surface area contributed by atoms with Gasteiger partial charge in [-0.3, -0.25) is 0 Å². The molecule has 2 rings (SSSR count). The number of aryl methyl sites for hydroxylation is 1. The van der Waals surface area contributed by atoms with Crippen LogP contribution in [-0.4, -0.2) is 20.5 Å². The summed E-state index contributed by atoms with van der Waals surface area (Å²) in [6.07, 6.45) is 4.27. The summed E-state index contributed by atoms with van der Waals surface area (Å²) in [6, 6.07) is 7.38. The van der Waals surface area contributed by atoms with Crippen LogP contribution >= 0.6 is 12.4 Å². The second-order valence-electron chi connectivity index (χ2n) is 5.23. The molecule has 1 aliphatic rings. The molecule has 0 aliphatic heterocycles. The molecule has 1 aromatic rings. The number of nitrogens with two attached hydrogens (primary N) is 1. The topological polar surface area (TPSA) is 72.2 Å². The standard InChI is InChI=1S/C14H22N2O2S.ClH/c1-2-11-4-3-5-14(10-11)19(17,18)16-13-8-6-12(15)7-9-13;/h3-5,10,12-13,16H,2,6-9,15H2,1H3;1H. The Balaban J connectivity index is 0.00000200. The Labute approximate surface area is 127 Å². The average molecular weight is 319 g/mol. The van der Waals surface area contributed by atoms with E-state index in [9.17, 15) is 8.42 Å². The molecule has 0 saturated heterocycles. The van der Waals surface area contributed by atoms with Crippen LogP contribution in [0.4, 0.5) is 0 Å². The summed E-state index contributed by atoms with van der Waals surface area (Å²) >= 11 is 0. The van der Waals surface area contributed by atoms with Crippen LogP contribution in [0, 0.1) is 0 Å². The number of nitrogens with one attached hydrogen (secondary N) is 1. The molecule has 0 amide bonds. The zero-order chi connectivity index (χ0) is 13.9. The molecule has 20 heavy (non-hydrogen) atoms. The zero-order valence-corrected chi connectivity index (χ0v) is 13.3. The van der Waals surface area contributed by atoms with Gasteiger partial charge in [0.25, 0.3) is 0 Å². The molecule has 4 nitrogen and oxygen atoms in total. The van der Waals surface area contributed by atoms with Crippen LogP contribution in [-0.2, 0) is 16.4 Å². The Bertz CT molecular complexity index is 526. The first-order valence-electron chi connectivity index (χ1n) is 6.88. The molecule has 0 radical (unpaired) electrons. The van der Waals surface area contributed by atoms with Crippen molar-refractivity contribution in [1.82, 2.24) is 4.72 Å². The van der Waals surface area contributed by atoms with Crippen molar-refractivity contribution in [1.29, 1.82) is 0 Å². The highest BCUT2D eigenvalue weighted by Gasteiger charge is 2.24. The highest BCUT2D eigenvalue weighted by atomic mass is 35.5. The number of hydrogen-bond donors (Lipinski definition) is 2. The summed E-state index contributed by atoms with van der Waals surface area (Å²) in [6.45, 7) is 2.02. The number of halogens is 1. The Morgan fingerprint density at radius 2 is 1.90 bits per heavy atom. The van der Waals surface area contributed by atoms with E-state index < -0.39 is 10.0 Å². The summed E-state index contributed by atoms with van der Waals surface area (Å²) in [5, 5.41) is 0.